The SMILES string of the molecule is CC1CCN(C(=O)OC2(C)COC2)C1. The molecule has 4 heteroatoms. The third-order valence-electron chi connectivity index (χ3n) is 2.83. The largest absolute Gasteiger partial charge is 0.438 e. The van der Waals surface area contributed by atoms with Gasteiger partial charge in [0.05, 0.1) is 13.2 Å². The molecular weight excluding hydrogens is 182 g/mol. The number of hydrogen-bond donors (Lipinski definition) is 0. The number of rotatable bonds is 1. The molecule has 4 nitrogen and oxygen atoms in total. The van der Waals surface area contributed by atoms with Gasteiger partial charge in [-0.2, -0.15) is 0 Å². The second kappa shape index (κ2) is 3.42. The van der Waals surface area contributed by atoms with Gasteiger partial charge in [-0.3, -0.25) is 0 Å². The van der Waals surface area contributed by atoms with Crippen molar-refractivity contribution in [2.75, 3.05) is 26.3 Å². The van der Waals surface area contributed by atoms with Crippen LogP contribution in [0.3, 0.4) is 0 Å². The lowest BCUT2D eigenvalue weighted by Gasteiger charge is -2.38. The Bertz CT molecular complexity index is 238. The van der Waals surface area contributed by atoms with Crippen LogP contribution in [-0.4, -0.2) is 42.9 Å². The smallest absolute Gasteiger partial charge is 0.410 e. The zero-order valence-electron chi connectivity index (χ0n) is 8.78. The van der Waals surface area contributed by atoms with Gasteiger partial charge in [0.2, 0.25) is 0 Å². The highest BCUT2D eigenvalue weighted by molar-refractivity contribution is 5.68. The van der Waals surface area contributed by atoms with Crippen molar-refractivity contribution in [3.63, 3.8) is 0 Å². The summed E-state index contributed by atoms with van der Waals surface area (Å²) < 4.78 is 10.4. The summed E-state index contributed by atoms with van der Waals surface area (Å²) in [6, 6.07) is 0. The quantitative estimate of drug-likeness (QED) is 0.638. The van der Waals surface area contributed by atoms with Crippen molar-refractivity contribution in [1.29, 1.82) is 0 Å². The van der Waals surface area contributed by atoms with Crippen LogP contribution in [0.2, 0.25) is 0 Å². The van der Waals surface area contributed by atoms with E-state index in [1.54, 1.807) is 4.90 Å². The molecule has 0 N–H and O–H groups in total. The predicted octanol–water partition coefficient (Wildman–Crippen LogP) is 1.25. The van der Waals surface area contributed by atoms with Gasteiger partial charge in [0.25, 0.3) is 0 Å². The Morgan fingerprint density at radius 1 is 1.57 bits per heavy atom. The third kappa shape index (κ3) is 1.85. The second-order valence-corrected chi connectivity index (χ2v) is 4.65. The Morgan fingerprint density at radius 2 is 2.29 bits per heavy atom. The summed E-state index contributed by atoms with van der Waals surface area (Å²) in [5.74, 6) is 0.605. The van der Waals surface area contributed by atoms with Crippen molar-refractivity contribution >= 4 is 6.09 Å². The van der Waals surface area contributed by atoms with Crippen LogP contribution in [-0.2, 0) is 9.47 Å². The molecule has 14 heavy (non-hydrogen) atoms. The summed E-state index contributed by atoms with van der Waals surface area (Å²) in [7, 11) is 0. The van der Waals surface area contributed by atoms with E-state index in [4.69, 9.17) is 9.47 Å². The topological polar surface area (TPSA) is 38.8 Å². The minimum atomic E-state index is -0.372. The molecule has 1 unspecified atom stereocenters. The highest BCUT2D eigenvalue weighted by Gasteiger charge is 2.39. The molecule has 0 aromatic carbocycles. The molecule has 2 heterocycles. The van der Waals surface area contributed by atoms with Crippen molar-refractivity contribution in [1.82, 2.24) is 4.90 Å². The van der Waals surface area contributed by atoms with Crippen LogP contribution in [0.5, 0.6) is 0 Å². The Labute approximate surface area is 84.2 Å². The third-order valence-corrected chi connectivity index (χ3v) is 2.83. The average Bonchev–Trinajstić information content (AvgIpc) is 2.49. The molecule has 0 aromatic rings. The van der Waals surface area contributed by atoms with Gasteiger partial charge in [-0.15, -0.1) is 0 Å². The van der Waals surface area contributed by atoms with Gasteiger partial charge in [-0.1, -0.05) is 6.92 Å². The normalized spacial score (nSPS) is 29.9. The molecule has 0 spiro atoms. The molecule has 2 rings (SSSR count). The van der Waals surface area contributed by atoms with Crippen LogP contribution in [0.15, 0.2) is 0 Å². The number of nitrogens with zero attached hydrogens (tertiary/aromatic N) is 1. The summed E-state index contributed by atoms with van der Waals surface area (Å²) >= 11 is 0. The summed E-state index contributed by atoms with van der Waals surface area (Å²) in [4.78, 5) is 13.4. The van der Waals surface area contributed by atoms with Crippen molar-refractivity contribution in [3.05, 3.63) is 0 Å². The highest BCUT2D eigenvalue weighted by atomic mass is 16.6. The minimum absolute atomic E-state index is 0.180. The number of ether oxygens (including phenoxy) is 2. The van der Waals surface area contributed by atoms with Crippen LogP contribution in [0, 0.1) is 5.92 Å². The van der Waals surface area contributed by atoms with Gasteiger partial charge >= 0.3 is 6.09 Å². The van der Waals surface area contributed by atoms with E-state index >= 15 is 0 Å². The van der Waals surface area contributed by atoms with Crippen LogP contribution in [0.1, 0.15) is 20.3 Å². The molecule has 2 saturated heterocycles. The van der Waals surface area contributed by atoms with Gasteiger partial charge in [0, 0.05) is 13.1 Å². The fourth-order valence-electron chi connectivity index (χ4n) is 1.82. The number of hydrogen-bond acceptors (Lipinski definition) is 3. The highest BCUT2D eigenvalue weighted by Crippen LogP contribution is 2.24. The minimum Gasteiger partial charge on any atom is -0.438 e. The lowest BCUT2D eigenvalue weighted by atomic mass is 10.1. The first-order valence-corrected chi connectivity index (χ1v) is 5.15. The van der Waals surface area contributed by atoms with Crippen molar-refractivity contribution in [2.24, 2.45) is 5.92 Å². The Morgan fingerprint density at radius 3 is 2.71 bits per heavy atom. The van der Waals surface area contributed by atoms with Crippen LogP contribution in [0.4, 0.5) is 4.79 Å². The van der Waals surface area contributed by atoms with E-state index in [0.29, 0.717) is 19.1 Å². The lowest BCUT2D eigenvalue weighted by Crippen LogP contribution is -2.52. The molecule has 1 amide bonds. The maximum Gasteiger partial charge on any atom is 0.410 e. The van der Waals surface area contributed by atoms with Crippen molar-refractivity contribution < 1.29 is 14.3 Å². The number of carbonyl (C=O) groups excluding carboxylic acids is 1. The van der Waals surface area contributed by atoms with Crippen LogP contribution >= 0.6 is 0 Å². The van der Waals surface area contributed by atoms with E-state index in [9.17, 15) is 4.79 Å². The van der Waals surface area contributed by atoms with Gasteiger partial charge in [-0.05, 0) is 19.3 Å². The summed E-state index contributed by atoms with van der Waals surface area (Å²) in [5.41, 5.74) is -0.372. The summed E-state index contributed by atoms with van der Waals surface area (Å²) in [6.45, 7) is 6.78. The summed E-state index contributed by atoms with van der Waals surface area (Å²) in [6.07, 6.45) is 0.905. The number of amides is 1. The fraction of sp³-hybridized carbons (Fsp3) is 0.900. The molecule has 0 aromatic heterocycles. The molecule has 0 bridgehead atoms. The monoisotopic (exact) mass is 199 g/mol. The lowest BCUT2D eigenvalue weighted by molar-refractivity contribution is -0.171. The maximum atomic E-state index is 11.6. The molecule has 80 valence electrons. The Balaban J connectivity index is 1.83. The first kappa shape index (κ1) is 9.77. The zero-order valence-corrected chi connectivity index (χ0v) is 8.78. The van der Waals surface area contributed by atoms with Crippen LogP contribution in [0.25, 0.3) is 0 Å². The standard InChI is InChI=1S/C10H17NO3/c1-8-3-4-11(5-8)9(12)14-10(2)6-13-7-10/h8H,3-7H2,1-2H3. The van der Waals surface area contributed by atoms with E-state index in [2.05, 4.69) is 6.92 Å². The van der Waals surface area contributed by atoms with E-state index in [-0.39, 0.29) is 11.7 Å². The second-order valence-electron chi connectivity index (χ2n) is 4.65. The molecular formula is C10H17NO3. The molecule has 2 fully saturated rings. The number of carbonyl (C=O) groups is 1. The molecule has 2 aliphatic rings. The average molecular weight is 199 g/mol. The van der Waals surface area contributed by atoms with Gasteiger partial charge in [0.1, 0.15) is 0 Å². The summed E-state index contributed by atoms with van der Waals surface area (Å²) in [5, 5.41) is 0. The molecule has 0 radical (unpaired) electrons. The van der Waals surface area contributed by atoms with Crippen LogP contribution < -0.4 is 0 Å². The zero-order chi connectivity index (χ0) is 10.2. The van der Waals surface area contributed by atoms with Gasteiger partial charge in [0.15, 0.2) is 5.60 Å². The van der Waals surface area contributed by atoms with Crippen molar-refractivity contribution in [2.45, 2.75) is 25.9 Å². The van der Waals surface area contributed by atoms with E-state index in [0.717, 1.165) is 19.5 Å². The molecule has 2 aliphatic heterocycles. The van der Waals surface area contributed by atoms with Gasteiger partial charge in [-0.25, -0.2) is 4.79 Å². The molecule has 1 atom stereocenters. The van der Waals surface area contributed by atoms with Gasteiger partial charge < -0.3 is 14.4 Å². The molecule has 0 saturated carbocycles. The maximum absolute atomic E-state index is 11.6. The van der Waals surface area contributed by atoms with E-state index in [1.165, 1.54) is 0 Å². The predicted molar refractivity (Wildman–Crippen MR) is 51.1 cm³/mol. The molecule has 0 aliphatic carbocycles. The first-order chi connectivity index (χ1) is 6.59. The Hall–Kier alpha value is -0.770. The number of likely N-dealkylation sites (tertiary alicyclic amines) is 1. The van der Waals surface area contributed by atoms with E-state index < -0.39 is 0 Å². The first-order valence-electron chi connectivity index (χ1n) is 5.15. The fourth-order valence-corrected chi connectivity index (χ4v) is 1.82. The van der Waals surface area contributed by atoms with E-state index in [1.807, 2.05) is 6.92 Å². The Kier molecular flexibility index (Phi) is 2.39. The van der Waals surface area contributed by atoms with Crippen molar-refractivity contribution in [3.8, 4) is 0 Å².